The van der Waals surface area contributed by atoms with Crippen molar-refractivity contribution in [2.45, 2.75) is 31.6 Å². The molecule has 124 valence electrons. The molecule has 0 aromatic heterocycles. The summed E-state index contributed by atoms with van der Waals surface area (Å²) in [6, 6.07) is 14.8. The first kappa shape index (κ1) is 18.3. The van der Waals surface area contributed by atoms with Gasteiger partial charge in [-0.15, -0.1) is 0 Å². The Kier molecular flexibility index (Phi) is 6.48. The predicted octanol–water partition coefficient (Wildman–Crippen LogP) is 4.43. The van der Waals surface area contributed by atoms with Gasteiger partial charge in [0.1, 0.15) is 0 Å². The molecule has 23 heavy (non-hydrogen) atoms. The van der Waals surface area contributed by atoms with Gasteiger partial charge in [0.05, 0.1) is 5.75 Å². The molecule has 0 saturated heterocycles. The van der Waals surface area contributed by atoms with Crippen molar-refractivity contribution in [1.29, 1.82) is 0 Å². The largest absolute Gasteiger partial charge is 0.216 e. The van der Waals surface area contributed by atoms with Crippen LogP contribution in [-0.2, 0) is 22.2 Å². The Hall–Kier alpha value is -1.07. The summed E-state index contributed by atoms with van der Waals surface area (Å²) in [4.78, 5) is 0. The third-order valence-corrected chi connectivity index (χ3v) is 5.62. The second kappa shape index (κ2) is 8.15. The molecule has 1 N–H and O–H groups in total. The first-order valence-corrected chi connectivity index (χ1v) is 9.75. The van der Waals surface area contributed by atoms with Crippen molar-refractivity contribution >= 4 is 33.2 Å². The second-order valence-corrected chi connectivity index (χ2v) is 8.07. The number of sulfonamides is 1. The minimum absolute atomic E-state index is 0.165. The molecule has 2 rings (SSSR count). The SMILES string of the molecule is CC(CCc1ccccc1)NS(=O)(=O)Cc1c(Cl)cccc1Cl. The quantitative estimate of drug-likeness (QED) is 0.781. The molecule has 0 bridgehead atoms. The predicted molar refractivity (Wildman–Crippen MR) is 96.4 cm³/mol. The summed E-state index contributed by atoms with van der Waals surface area (Å²) in [6.45, 7) is 1.86. The van der Waals surface area contributed by atoms with Crippen molar-refractivity contribution in [2.24, 2.45) is 0 Å². The van der Waals surface area contributed by atoms with Crippen LogP contribution in [0.5, 0.6) is 0 Å². The minimum atomic E-state index is -3.50. The van der Waals surface area contributed by atoms with E-state index in [1.54, 1.807) is 18.2 Å². The maximum Gasteiger partial charge on any atom is 0.216 e. The molecular formula is C17H19Cl2NO2S. The highest BCUT2D eigenvalue weighted by atomic mass is 35.5. The van der Waals surface area contributed by atoms with Gasteiger partial charge in [0.25, 0.3) is 0 Å². The van der Waals surface area contributed by atoms with Crippen LogP contribution < -0.4 is 4.72 Å². The highest BCUT2D eigenvalue weighted by Crippen LogP contribution is 2.26. The second-order valence-electron chi connectivity index (χ2n) is 5.50. The fourth-order valence-corrected chi connectivity index (χ4v) is 4.49. The summed E-state index contributed by atoms with van der Waals surface area (Å²) >= 11 is 12.1. The Labute approximate surface area is 147 Å². The van der Waals surface area contributed by atoms with Gasteiger partial charge in [0.2, 0.25) is 10.0 Å². The van der Waals surface area contributed by atoms with Gasteiger partial charge in [-0.3, -0.25) is 0 Å². The number of hydrogen-bond donors (Lipinski definition) is 1. The van der Waals surface area contributed by atoms with E-state index in [1.807, 2.05) is 37.3 Å². The van der Waals surface area contributed by atoms with Crippen LogP contribution in [0.25, 0.3) is 0 Å². The molecule has 2 aromatic rings. The molecule has 0 heterocycles. The van der Waals surface area contributed by atoms with E-state index < -0.39 is 10.0 Å². The van der Waals surface area contributed by atoms with Gasteiger partial charge in [-0.2, -0.15) is 0 Å². The lowest BCUT2D eigenvalue weighted by Crippen LogP contribution is -2.34. The number of hydrogen-bond acceptors (Lipinski definition) is 2. The first-order chi connectivity index (χ1) is 10.9. The van der Waals surface area contributed by atoms with Gasteiger partial charge in [0, 0.05) is 21.7 Å². The van der Waals surface area contributed by atoms with Gasteiger partial charge >= 0.3 is 0 Å². The maximum absolute atomic E-state index is 12.3. The summed E-state index contributed by atoms with van der Waals surface area (Å²) in [7, 11) is -3.50. The van der Waals surface area contributed by atoms with Crippen molar-refractivity contribution < 1.29 is 8.42 Å². The average Bonchev–Trinajstić information content (AvgIpc) is 2.50. The Morgan fingerprint density at radius 3 is 2.22 bits per heavy atom. The summed E-state index contributed by atoms with van der Waals surface area (Å²) in [5.74, 6) is -0.221. The zero-order valence-electron chi connectivity index (χ0n) is 12.8. The molecule has 3 nitrogen and oxygen atoms in total. The number of halogens is 2. The molecule has 0 aliphatic carbocycles. The topological polar surface area (TPSA) is 46.2 Å². The lowest BCUT2D eigenvalue weighted by molar-refractivity contribution is 0.546. The Morgan fingerprint density at radius 1 is 1.00 bits per heavy atom. The molecule has 0 fully saturated rings. The fourth-order valence-electron chi connectivity index (χ4n) is 2.30. The smallest absolute Gasteiger partial charge is 0.212 e. The lowest BCUT2D eigenvalue weighted by Gasteiger charge is -2.15. The van der Waals surface area contributed by atoms with E-state index in [1.165, 1.54) is 5.56 Å². The lowest BCUT2D eigenvalue weighted by atomic mass is 10.1. The van der Waals surface area contributed by atoms with Crippen LogP contribution in [0.3, 0.4) is 0 Å². The molecule has 2 aromatic carbocycles. The van der Waals surface area contributed by atoms with Gasteiger partial charge in [-0.05, 0) is 37.5 Å². The molecule has 0 aliphatic heterocycles. The van der Waals surface area contributed by atoms with Crippen molar-refractivity contribution in [3.63, 3.8) is 0 Å². The summed E-state index contributed by atoms with van der Waals surface area (Å²) < 4.78 is 27.3. The molecule has 0 amide bonds. The summed E-state index contributed by atoms with van der Waals surface area (Å²) in [5.41, 5.74) is 1.62. The molecule has 1 atom stereocenters. The molecular weight excluding hydrogens is 353 g/mol. The van der Waals surface area contributed by atoms with Crippen LogP contribution in [0.4, 0.5) is 0 Å². The van der Waals surface area contributed by atoms with Crippen molar-refractivity contribution in [3.05, 3.63) is 69.7 Å². The van der Waals surface area contributed by atoms with E-state index in [9.17, 15) is 8.42 Å². The van der Waals surface area contributed by atoms with Gasteiger partial charge in [-0.25, -0.2) is 13.1 Å². The molecule has 0 spiro atoms. The number of aryl methyl sites for hydroxylation is 1. The minimum Gasteiger partial charge on any atom is -0.212 e. The number of rotatable bonds is 7. The number of benzene rings is 2. The Balaban J connectivity index is 1.95. The standard InChI is InChI=1S/C17H19Cl2NO2S/c1-13(10-11-14-6-3-2-4-7-14)20-23(21,22)12-15-16(18)8-5-9-17(15)19/h2-9,13,20H,10-12H2,1H3. The zero-order valence-corrected chi connectivity index (χ0v) is 15.1. The van der Waals surface area contributed by atoms with Gasteiger partial charge in [0.15, 0.2) is 0 Å². The third-order valence-electron chi connectivity index (χ3n) is 3.49. The average molecular weight is 372 g/mol. The van der Waals surface area contributed by atoms with Crippen LogP contribution in [0.2, 0.25) is 10.0 Å². The monoisotopic (exact) mass is 371 g/mol. The maximum atomic E-state index is 12.3. The fraction of sp³-hybridized carbons (Fsp3) is 0.294. The molecule has 0 aliphatic rings. The van der Waals surface area contributed by atoms with Crippen LogP contribution in [0.15, 0.2) is 48.5 Å². The van der Waals surface area contributed by atoms with Gasteiger partial charge < -0.3 is 0 Å². The van der Waals surface area contributed by atoms with Crippen LogP contribution in [0.1, 0.15) is 24.5 Å². The molecule has 1 unspecified atom stereocenters. The molecule has 0 saturated carbocycles. The van der Waals surface area contributed by atoms with E-state index >= 15 is 0 Å². The van der Waals surface area contributed by atoms with Crippen molar-refractivity contribution in [1.82, 2.24) is 4.72 Å². The van der Waals surface area contributed by atoms with Crippen LogP contribution in [0, 0.1) is 0 Å². The normalized spacial score (nSPS) is 13.0. The zero-order chi connectivity index (χ0) is 16.9. The van der Waals surface area contributed by atoms with Crippen LogP contribution >= 0.6 is 23.2 Å². The third kappa shape index (κ3) is 5.81. The van der Waals surface area contributed by atoms with E-state index in [0.717, 1.165) is 12.8 Å². The summed E-state index contributed by atoms with van der Waals surface area (Å²) in [5, 5.41) is 0.722. The number of nitrogens with one attached hydrogen (secondary N) is 1. The van der Waals surface area contributed by atoms with E-state index in [2.05, 4.69) is 4.72 Å². The first-order valence-electron chi connectivity index (χ1n) is 7.34. The van der Waals surface area contributed by atoms with E-state index in [0.29, 0.717) is 15.6 Å². The Morgan fingerprint density at radius 2 is 1.61 bits per heavy atom. The highest BCUT2D eigenvalue weighted by molar-refractivity contribution is 7.88. The Bertz CT molecular complexity index is 728. The molecule has 6 heteroatoms. The van der Waals surface area contributed by atoms with E-state index in [-0.39, 0.29) is 11.8 Å². The van der Waals surface area contributed by atoms with E-state index in [4.69, 9.17) is 23.2 Å². The van der Waals surface area contributed by atoms with Crippen molar-refractivity contribution in [3.8, 4) is 0 Å². The molecule has 0 radical (unpaired) electrons. The van der Waals surface area contributed by atoms with Gasteiger partial charge in [-0.1, -0.05) is 59.6 Å². The summed E-state index contributed by atoms with van der Waals surface area (Å²) in [6.07, 6.45) is 1.54. The highest BCUT2D eigenvalue weighted by Gasteiger charge is 2.18. The van der Waals surface area contributed by atoms with Crippen molar-refractivity contribution in [2.75, 3.05) is 0 Å². The van der Waals surface area contributed by atoms with Crippen LogP contribution in [-0.4, -0.2) is 14.5 Å².